The molecule has 7 heteroatoms. The first-order valence-corrected chi connectivity index (χ1v) is 9.69. The molecule has 0 atom stereocenters. The fraction of sp³-hybridized carbons (Fsp3) is 0.571. The highest BCUT2D eigenvalue weighted by Crippen LogP contribution is 2.38. The molecule has 3 N–H and O–H groups in total. The molecule has 1 aromatic carbocycles. The third-order valence-electron chi connectivity index (χ3n) is 4.06. The van der Waals surface area contributed by atoms with Gasteiger partial charge in [-0.3, -0.25) is 0 Å². The summed E-state index contributed by atoms with van der Waals surface area (Å²) in [5.41, 5.74) is 5.28. The monoisotopic (exact) mass is 332 g/mol. The van der Waals surface area contributed by atoms with E-state index in [0.717, 1.165) is 37.8 Å². The van der Waals surface area contributed by atoms with Gasteiger partial charge in [0.2, 0.25) is 10.0 Å². The summed E-state index contributed by atoms with van der Waals surface area (Å²) in [5.74, 6) is -0.609. The van der Waals surface area contributed by atoms with Crippen molar-refractivity contribution < 1.29 is 12.8 Å². The summed E-state index contributed by atoms with van der Waals surface area (Å²) in [6.45, 7) is 0.397. The lowest BCUT2D eigenvalue weighted by Gasteiger charge is -2.35. The van der Waals surface area contributed by atoms with E-state index >= 15 is 0 Å². The Morgan fingerprint density at radius 3 is 2.57 bits per heavy atom. The number of thioether (sulfide) groups is 1. The van der Waals surface area contributed by atoms with Gasteiger partial charge in [-0.2, -0.15) is 11.8 Å². The molecule has 1 aromatic rings. The number of nitrogens with one attached hydrogen (secondary N) is 1. The van der Waals surface area contributed by atoms with E-state index in [1.165, 1.54) is 12.5 Å². The van der Waals surface area contributed by atoms with Crippen molar-refractivity contribution in [2.24, 2.45) is 0 Å². The van der Waals surface area contributed by atoms with Crippen LogP contribution in [0.1, 0.15) is 32.1 Å². The van der Waals surface area contributed by atoms with Crippen LogP contribution in [0.25, 0.3) is 0 Å². The lowest BCUT2D eigenvalue weighted by atomic mass is 9.88. The molecule has 1 aliphatic rings. The smallest absolute Gasteiger partial charge is 0.240 e. The fourth-order valence-corrected chi connectivity index (χ4v) is 4.82. The number of hydrogen-bond acceptors (Lipinski definition) is 4. The molecular weight excluding hydrogens is 311 g/mol. The summed E-state index contributed by atoms with van der Waals surface area (Å²) in [6.07, 6.45) is 7.53. The summed E-state index contributed by atoms with van der Waals surface area (Å²) in [4.78, 5) is 0.00784. The first-order chi connectivity index (χ1) is 9.88. The summed E-state index contributed by atoms with van der Waals surface area (Å²) in [5, 5.41) is 0. The Morgan fingerprint density at radius 2 is 2.00 bits per heavy atom. The van der Waals surface area contributed by atoms with Gasteiger partial charge in [-0.25, -0.2) is 17.5 Å². The van der Waals surface area contributed by atoms with Crippen LogP contribution in [0.5, 0.6) is 0 Å². The van der Waals surface area contributed by atoms with Gasteiger partial charge in [0.1, 0.15) is 5.82 Å². The van der Waals surface area contributed by atoms with Gasteiger partial charge in [-0.15, -0.1) is 0 Å². The quantitative estimate of drug-likeness (QED) is 0.813. The minimum atomic E-state index is -3.66. The number of benzene rings is 1. The Balaban J connectivity index is 2.11. The normalized spacial score (nSPS) is 18.6. The second-order valence-corrected chi connectivity index (χ2v) is 8.50. The fourth-order valence-electron chi connectivity index (χ4n) is 2.65. The first kappa shape index (κ1) is 16.6. The highest BCUT2D eigenvalue weighted by molar-refractivity contribution is 8.00. The maximum Gasteiger partial charge on any atom is 0.240 e. The maximum atomic E-state index is 13.1. The molecular formula is C14H21FN2O2S2. The van der Waals surface area contributed by atoms with Gasteiger partial charge in [0.15, 0.2) is 0 Å². The predicted molar refractivity (Wildman–Crippen MR) is 85.3 cm³/mol. The van der Waals surface area contributed by atoms with Crippen LogP contribution >= 0.6 is 11.8 Å². The minimum Gasteiger partial charge on any atom is -0.396 e. The number of hydrogen-bond donors (Lipinski definition) is 2. The molecule has 4 nitrogen and oxygen atoms in total. The largest absolute Gasteiger partial charge is 0.396 e. The Labute approximate surface area is 129 Å². The molecule has 2 rings (SSSR count). The second-order valence-electron chi connectivity index (χ2n) is 5.46. The van der Waals surface area contributed by atoms with E-state index in [0.29, 0.717) is 6.54 Å². The summed E-state index contributed by atoms with van der Waals surface area (Å²) in [6, 6.07) is 3.47. The van der Waals surface area contributed by atoms with E-state index in [2.05, 4.69) is 4.72 Å². The van der Waals surface area contributed by atoms with E-state index < -0.39 is 15.8 Å². The molecule has 0 radical (unpaired) electrons. The molecule has 0 unspecified atom stereocenters. The van der Waals surface area contributed by atoms with Gasteiger partial charge in [-0.05, 0) is 37.3 Å². The molecule has 1 saturated carbocycles. The van der Waals surface area contributed by atoms with Crippen LogP contribution in [0.4, 0.5) is 10.1 Å². The van der Waals surface area contributed by atoms with Crippen molar-refractivity contribution >= 4 is 27.5 Å². The van der Waals surface area contributed by atoms with E-state index in [4.69, 9.17) is 5.73 Å². The van der Waals surface area contributed by atoms with E-state index in [1.807, 2.05) is 6.26 Å². The number of sulfonamides is 1. The molecule has 0 saturated heterocycles. The Bertz CT molecular complexity index is 599. The standard InChI is InChI=1S/C14H21FN2O2S2/c1-20-14(7-3-2-4-8-14)10-17-21(18,19)11-5-6-12(15)13(16)9-11/h5-6,9,17H,2-4,7-8,10,16H2,1H3. The maximum absolute atomic E-state index is 13.1. The summed E-state index contributed by atoms with van der Waals surface area (Å²) >= 11 is 1.72. The summed E-state index contributed by atoms with van der Waals surface area (Å²) < 4.78 is 40.4. The van der Waals surface area contributed by atoms with Crippen molar-refractivity contribution in [3.63, 3.8) is 0 Å². The average molecular weight is 332 g/mol. The number of nitrogens with two attached hydrogens (primary N) is 1. The number of nitrogen functional groups attached to an aromatic ring is 1. The van der Waals surface area contributed by atoms with Gasteiger partial charge >= 0.3 is 0 Å². The highest BCUT2D eigenvalue weighted by Gasteiger charge is 2.32. The van der Waals surface area contributed by atoms with Gasteiger partial charge in [0, 0.05) is 11.3 Å². The molecule has 0 heterocycles. The highest BCUT2D eigenvalue weighted by atomic mass is 32.2. The Kier molecular flexibility index (Phi) is 5.16. The minimum absolute atomic E-state index is 0.00784. The van der Waals surface area contributed by atoms with Crippen LogP contribution in [-0.2, 0) is 10.0 Å². The second kappa shape index (κ2) is 6.54. The van der Waals surface area contributed by atoms with Crippen molar-refractivity contribution in [3.05, 3.63) is 24.0 Å². The van der Waals surface area contributed by atoms with Crippen molar-refractivity contribution in [2.75, 3.05) is 18.5 Å². The van der Waals surface area contributed by atoms with Gasteiger partial charge in [-0.1, -0.05) is 19.3 Å². The van der Waals surface area contributed by atoms with Gasteiger partial charge in [0.25, 0.3) is 0 Å². The van der Waals surface area contributed by atoms with Crippen LogP contribution in [0.3, 0.4) is 0 Å². The molecule has 118 valence electrons. The number of halogens is 1. The van der Waals surface area contributed by atoms with Crippen molar-refractivity contribution in [1.29, 1.82) is 0 Å². The topological polar surface area (TPSA) is 72.2 Å². The zero-order valence-corrected chi connectivity index (χ0v) is 13.7. The molecule has 1 fully saturated rings. The third-order valence-corrected chi connectivity index (χ3v) is 6.88. The van der Waals surface area contributed by atoms with Gasteiger partial charge < -0.3 is 5.73 Å². The van der Waals surface area contributed by atoms with Crippen LogP contribution < -0.4 is 10.5 Å². The number of rotatable bonds is 5. The van der Waals surface area contributed by atoms with Crippen LogP contribution in [0, 0.1) is 5.82 Å². The Morgan fingerprint density at radius 1 is 1.33 bits per heavy atom. The van der Waals surface area contributed by atoms with E-state index in [-0.39, 0.29) is 15.3 Å². The van der Waals surface area contributed by atoms with E-state index in [1.54, 1.807) is 11.8 Å². The molecule has 0 aromatic heterocycles. The first-order valence-electron chi connectivity index (χ1n) is 6.98. The lowest BCUT2D eigenvalue weighted by Crippen LogP contribution is -2.41. The van der Waals surface area contributed by atoms with Crippen molar-refractivity contribution in [1.82, 2.24) is 4.72 Å². The SMILES string of the molecule is CSC1(CNS(=O)(=O)c2ccc(F)c(N)c2)CCCCC1. The molecule has 0 aliphatic heterocycles. The number of anilines is 1. The van der Waals surface area contributed by atoms with Crippen LogP contribution in [-0.4, -0.2) is 26.0 Å². The summed E-state index contributed by atoms with van der Waals surface area (Å²) in [7, 11) is -3.66. The zero-order valence-electron chi connectivity index (χ0n) is 12.1. The average Bonchev–Trinajstić information content (AvgIpc) is 2.49. The third kappa shape index (κ3) is 3.90. The molecule has 0 spiro atoms. The van der Waals surface area contributed by atoms with Crippen LogP contribution in [0.2, 0.25) is 0 Å². The van der Waals surface area contributed by atoms with Crippen molar-refractivity contribution in [3.8, 4) is 0 Å². The zero-order chi connectivity index (χ0) is 15.5. The Hall–Kier alpha value is -0.790. The molecule has 0 amide bonds. The molecule has 21 heavy (non-hydrogen) atoms. The lowest BCUT2D eigenvalue weighted by molar-refractivity contribution is 0.395. The predicted octanol–water partition coefficient (Wildman–Crippen LogP) is 2.75. The molecule has 0 bridgehead atoms. The molecule has 1 aliphatic carbocycles. The van der Waals surface area contributed by atoms with Crippen LogP contribution in [0.15, 0.2) is 23.1 Å². The van der Waals surface area contributed by atoms with Crippen molar-refractivity contribution in [2.45, 2.75) is 41.7 Å². The van der Waals surface area contributed by atoms with E-state index in [9.17, 15) is 12.8 Å². The van der Waals surface area contributed by atoms with Gasteiger partial charge in [0.05, 0.1) is 10.6 Å².